The lowest BCUT2D eigenvalue weighted by Gasteiger charge is -2.07. The first kappa shape index (κ1) is 17.6. The molecule has 21 heavy (non-hydrogen) atoms. The van der Waals surface area contributed by atoms with Gasteiger partial charge < -0.3 is 10.4 Å². The van der Waals surface area contributed by atoms with Crippen molar-refractivity contribution in [2.24, 2.45) is 0 Å². The number of carbonyl (C=O) groups is 2. The fourth-order valence-electron chi connectivity index (χ4n) is 1.96. The minimum atomic E-state index is -0.760. The monoisotopic (exact) mass is 309 g/mol. The number of thioether (sulfide) groups is 1. The first-order chi connectivity index (χ1) is 9.99. The minimum absolute atomic E-state index is 0.0261. The highest BCUT2D eigenvalue weighted by atomic mass is 32.2. The lowest BCUT2D eigenvalue weighted by Crippen LogP contribution is -2.26. The first-order valence-electron chi connectivity index (χ1n) is 7.17. The summed E-state index contributed by atoms with van der Waals surface area (Å²) in [6.07, 6.45) is 2.53. The van der Waals surface area contributed by atoms with E-state index in [9.17, 15) is 9.59 Å². The number of hydrogen-bond acceptors (Lipinski definition) is 3. The van der Waals surface area contributed by atoms with Crippen LogP contribution in [0.25, 0.3) is 0 Å². The van der Waals surface area contributed by atoms with Crippen LogP contribution in [0.4, 0.5) is 0 Å². The number of aryl methyl sites for hydroxylation is 2. The summed E-state index contributed by atoms with van der Waals surface area (Å²) in [4.78, 5) is 23.2. The molecule has 0 saturated carbocycles. The molecule has 1 aromatic carbocycles. The van der Waals surface area contributed by atoms with Crippen LogP contribution in [-0.4, -0.2) is 29.3 Å². The molecule has 0 atom stereocenters. The average molecular weight is 309 g/mol. The number of rotatable bonds is 9. The summed E-state index contributed by atoms with van der Waals surface area (Å²) in [5.74, 6) is -0.318. The van der Waals surface area contributed by atoms with Crippen LogP contribution in [0, 0.1) is 13.8 Å². The van der Waals surface area contributed by atoms with Gasteiger partial charge in [-0.1, -0.05) is 24.1 Å². The van der Waals surface area contributed by atoms with Crippen molar-refractivity contribution in [1.82, 2.24) is 5.32 Å². The van der Waals surface area contributed by atoms with Gasteiger partial charge in [0.25, 0.3) is 0 Å². The summed E-state index contributed by atoms with van der Waals surface area (Å²) >= 11 is 1.55. The quantitative estimate of drug-likeness (QED) is 0.543. The molecule has 116 valence electrons. The van der Waals surface area contributed by atoms with Crippen LogP contribution in [0.15, 0.2) is 23.1 Å². The molecule has 0 aliphatic carbocycles. The minimum Gasteiger partial charge on any atom is -0.481 e. The Morgan fingerprint density at radius 2 is 1.95 bits per heavy atom. The number of nitrogens with one attached hydrogen (secondary N) is 1. The molecule has 1 rings (SSSR count). The number of carbonyl (C=O) groups excluding carboxylic acids is 1. The highest BCUT2D eigenvalue weighted by Gasteiger charge is 2.05. The van der Waals surface area contributed by atoms with Gasteiger partial charge in [-0.3, -0.25) is 9.59 Å². The fourth-order valence-corrected chi connectivity index (χ4v) is 2.80. The number of benzene rings is 1. The molecule has 0 aliphatic heterocycles. The third-order valence-corrected chi connectivity index (χ3v) is 4.25. The standard InChI is InChI=1S/C16H23NO3S/c1-12-7-8-14(13(2)10-12)21-11-15(18)17-9-5-3-4-6-16(19)20/h7-8,10H,3-6,9,11H2,1-2H3,(H,17,18)(H,19,20). The summed E-state index contributed by atoms with van der Waals surface area (Å²) in [5.41, 5.74) is 2.42. The first-order valence-corrected chi connectivity index (χ1v) is 8.16. The Labute approximate surface area is 130 Å². The molecule has 5 heteroatoms. The largest absolute Gasteiger partial charge is 0.481 e. The topological polar surface area (TPSA) is 66.4 Å². The molecule has 1 aromatic rings. The summed E-state index contributed by atoms with van der Waals surface area (Å²) in [7, 11) is 0. The van der Waals surface area contributed by atoms with E-state index in [-0.39, 0.29) is 12.3 Å². The van der Waals surface area contributed by atoms with Gasteiger partial charge in [0.05, 0.1) is 5.75 Å². The molecule has 0 saturated heterocycles. The van der Waals surface area contributed by atoms with Crippen molar-refractivity contribution in [2.45, 2.75) is 44.4 Å². The molecule has 1 amide bonds. The van der Waals surface area contributed by atoms with E-state index in [1.165, 1.54) is 11.1 Å². The van der Waals surface area contributed by atoms with Crippen LogP contribution >= 0.6 is 11.8 Å². The molecule has 0 radical (unpaired) electrons. The summed E-state index contributed by atoms with van der Waals surface area (Å²) in [5, 5.41) is 11.4. The fraction of sp³-hybridized carbons (Fsp3) is 0.500. The zero-order valence-electron chi connectivity index (χ0n) is 12.6. The van der Waals surface area contributed by atoms with Crippen LogP contribution in [-0.2, 0) is 9.59 Å². The lowest BCUT2D eigenvalue weighted by atomic mass is 10.2. The normalized spacial score (nSPS) is 10.4. The van der Waals surface area contributed by atoms with Gasteiger partial charge in [0, 0.05) is 17.9 Å². The second-order valence-electron chi connectivity index (χ2n) is 5.11. The highest BCUT2D eigenvalue weighted by Crippen LogP contribution is 2.22. The Bertz CT molecular complexity index is 488. The van der Waals surface area contributed by atoms with Gasteiger partial charge in [0.2, 0.25) is 5.91 Å². The third kappa shape index (κ3) is 7.75. The predicted molar refractivity (Wildman–Crippen MR) is 85.8 cm³/mol. The Morgan fingerprint density at radius 3 is 2.62 bits per heavy atom. The third-order valence-electron chi connectivity index (χ3n) is 3.08. The maximum Gasteiger partial charge on any atom is 0.303 e. The van der Waals surface area contributed by atoms with Crippen molar-refractivity contribution in [3.05, 3.63) is 29.3 Å². The molecule has 0 aromatic heterocycles. The van der Waals surface area contributed by atoms with Gasteiger partial charge in [-0.05, 0) is 38.3 Å². The molecule has 0 spiro atoms. The van der Waals surface area contributed by atoms with Gasteiger partial charge in [0.15, 0.2) is 0 Å². The van der Waals surface area contributed by atoms with Gasteiger partial charge in [-0.2, -0.15) is 0 Å². The molecule has 0 fully saturated rings. The van der Waals surface area contributed by atoms with E-state index in [0.717, 1.165) is 17.7 Å². The van der Waals surface area contributed by atoms with Crippen LogP contribution in [0.5, 0.6) is 0 Å². The van der Waals surface area contributed by atoms with Crippen LogP contribution in [0.3, 0.4) is 0 Å². The Kier molecular flexibility index (Phi) is 7.90. The molecule has 2 N–H and O–H groups in total. The van der Waals surface area contributed by atoms with E-state index in [0.29, 0.717) is 18.7 Å². The SMILES string of the molecule is Cc1ccc(SCC(=O)NCCCCCC(=O)O)c(C)c1. The molecule has 0 bridgehead atoms. The lowest BCUT2D eigenvalue weighted by molar-refractivity contribution is -0.137. The number of aliphatic carboxylic acids is 1. The molecule has 0 unspecified atom stereocenters. The number of carboxylic acid groups (broad SMARTS) is 1. The van der Waals surface area contributed by atoms with E-state index in [2.05, 4.69) is 37.4 Å². The molecule has 0 aliphatic rings. The molecule has 4 nitrogen and oxygen atoms in total. The second-order valence-corrected chi connectivity index (χ2v) is 6.13. The van der Waals surface area contributed by atoms with Crippen LogP contribution < -0.4 is 5.32 Å². The maximum absolute atomic E-state index is 11.7. The van der Waals surface area contributed by atoms with Crippen molar-refractivity contribution >= 4 is 23.6 Å². The smallest absolute Gasteiger partial charge is 0.303 e. The second kappa shape index (κ2) is 9.45. The van der Waals surface area contributed by atoms with Crippen molar-refractivity contribution in [2.75, 3.05) is 12.3 Å². The van der Waals surface area contributed by atoms with Gasteiger partial charge in [0.1, 0.15) is 0 Å². The van der Waals surface area contributed by atoms with Crippen LogP contribution in [0.1, 0.15) is 36.8 Å². The van der Waals surface area contributed by atoms with Gasteiger partial charge in [-0.25, -0.2) is 0 Å². The van der Waals surface area contributed by atoms with E-state index >= 15 is 0 Å². The number of unbranched alkanes of at least 4 members (excludes halogenated alkanes) is 2. The molecule has 0 heterocycles. The van der Waals surface area contributed by atoms with Gasteiger partial charge >= 0.3 is 5.97 Å². The summed E-state index contributed by atoms with van der Waals surface area (Å²) in [6.45, 7) is 4.72. The highest BCUT2D eigenvalue weighted by molar-refractivity contribution is 8.00. The van der Waals surface area contributed by atoms with E-state index in [1.54, 1.807) is 11.8 Å². The van der Waals surface area contributed by atoms with E-state index < -0.39 is 5.97 Å². The van der Waals surface area contributed by atoms with E-state index in [1.807, 2.05) is 0 Å². The molecular weight excluding hydrogens is 286 g/mol. The summed E-state index contributed by atoms with van der Waals surface area (Å²) < 4.78 is 0. The number of amides is 1. The Morgan fingerprint density at radius 1 is 1.19 bits per heavy atom. The average Bonchev–Trinajstić information content (AvgIpc) is 2.41. The van der Waals surface area contributed by atoms with E-state index in [4.69, 9.17) is 5.11 Å². The zero-order valence-corrected chi connectivity index (χ0v) is 13.5. The van der Waals surface area contributed by atoms with Crippen molar-refractivity contribution in [1.29, 1.82) is 0 Å². The summed E-state index contributed by atoms with van der Waals surface area (Å²) in [6, 6.07) is 6.22. The number of hydrogen-bond donors (Lipinski definition) is 2. The predicted octanol–water partition coefficient (Wildman–Crippen LogP) is 3.16. The van der Waals surface area contributed by atoms with Crippen molar-refractivity contribution in [3.8, 4) is 0 Å². The van der Waals surface area contributed by atoms with Gasteiger partial charge in [-0.15, -0.1) is 11.8 Å². The maximum atomic E-state index is 11.7. The van der Waals surface area contributed by atoms with Crippen molar-refractivity contribution < 1.29 is 14.7 Å². The van der Waals surface area contributed by atoms with Crippen molar-refractivity contribution in [3.63, 3.8) is 0 Å². The van der Waals surface area contributed by atoms with Crippen LogP contribution in [0.2, 0.25) is 0 Å². The number of carboxylic acids is 1. The Hall–Kier alpha value is -1.49. The molecular formula is C16H23NO3S. The zero-order chi connectivity index (χ0) is 15.7. The Balaban J connectivity index is 2.15.